The maximum atomic E-state index is 13.9. The van der Waals surface area contributed by atoms with E-state index < -0.39 is 0 Å². The second-order valence-corrected chi connectivity index (χ2v) is 26.6. The molecule has 0 radical (unpaired) electrons. The molecule has 2 aliphatic rings. The van der Waals surface area contributed by atoms with Gasteiger partial charge >= 0.3 is 0 Å². The summed E-state index contributed by atoms with van der Waals surface area (Å²) in [4.78, 5) is 31.0. The van der Waals surface area contributed by atoms with Gasteiger partial charge in [0.1, 0.15) is 0 Å². The normalized spacial score (nSPS) is 13.1. The topological polar surface area (TPSA) is 249 Å². The zero-order chi connectivity index (χ0) is 70.0. The molecule has 0 saturated carbocycles. The SMILES string of the molecule is N#Cc1ccccc1-c1cc(-c2cccc(-c3cc(-c4ccc(-c5ccc(-c6cc(-c7cccc(-c8cc(-c9ccccc9C=O)[nH]n8)c7)nn6-c6cc(-c7cc(-c8ccc(CN9CCCC9)cc8)[nH]n7)cc(-c7cc(-c8ccc(CN9CCCC9)cc8)[nH]n7)c6)c(C=O)c5)cc4C#N)[nH]n3)c2)n[nH]1. The Morgan fingerprint density at radius 2 is 0.750 bits per heavy atom. The molecule has 0 aliphatic carbocycles. The van der Waals surface area contributed by atoms with Crippen LogP contribution in [0.3, 0.4) is 0 Å². The Kier molecular flexibility index (Phi) is 17.1. The molecule has 0 atom stereocenters. The number of aromatic amines is 5. The predicted octanol–water partition coefficient (Wildman–Crippen LogP) is 17.7. The van der Waals surface area contributed by atoms with E-state index >= 15 is 0 Å². The fraction of sp³-hybridized carbons (Fsp3) is 0.116. The number of hydrogen-bond donors (Lipinski definition) is 5. The molecule has 2 fully saturated rings. The molecule has 15 aromatic rings. The summed E-state index contributed by atoms with van der Waals surface area (Å²) in [7, 11) is 0. The summed E-state index contributed by atoms with van der Waals surface area (Å²) in [5, 5.41) is 66.1. The largest absolute Gasteiger partial charge is 0.299 e. The number of carbonyl (C=O) groups excluding carboxylic acids is 2. The van der Waals surface area contributed by atoms with Crippen LogP contribution in [0.1, 0.15) is 68.7 Å². The van der Waals surface area contributed by atoms with Gasteiger partial charge in [0.2, 0.25) is 0 Å². The fourth-order valence-electron chi connectivity index (χ4n) is 14.4. The number of carbonyl (C=O) groups is 2. The van der Waals surface area contributed by atoms with E-state index in [4.69, 9.17) is 25.5 Å². The van der Waals surface area contributed by atoms with E-state index in [1.165, 1.54) is 36.8 Å². The van der Waals surface area contributed by atoms with E-state index in [2.05, 4.69) is 131 Å². The van der Waals surface area contributed by atoms with Crippen LogP contribution < -0.4 is 0 Å². The molecule has 104 heavy (non-hydrogen) atoms. The van der Waals surface area contributed by atoms with Crippen molar-refractivity contribution in [2.24, 2.45) is 0 Å². The Hall–Kier alpha value is -13.5. The minimum atomic E-state index is 0.396. The number of H-pyrrole nitrogens is 5. The Balaban J connectivity index is 0.738. The number of hydrogen-bond acceptors (Lipinski definition) is 12. The Labute approximate surface area is 599 Å². The van der Waals surface area contributed by atoms with E-state index in [-0.39, 0.29) is 0 Å². The number of nitrogens with one attached hydrogen (secondary N) is 5. The molecule has 0 amide bonds. The van der Waals surface area contributed by atoms with Gasteiger partial charge in [0.05, 0.1) is 97.3 Å². The van der Waals surface area contributed by atoms with Crippen molar-refractivity contribution in [3.05, 3.63) is 270 Å². The Morgan fingerprint density at radius 3 is 1.27 bits per heavy atom. The average molecular weight is 1360 g/mol. The molecule has 5 N–H and O–H groups in total. The maximum Gasteiger partial charge on any atom is 0.150 e. The third-order valence-electron chi connectivity index (χ3n) is 19.9. The first-order valence-electron chi connectivity index (χ1n) is 34.8. The van der Waals surface area contributed by atoms with E-state index in [1.807, 2.05) is 150 Å². The zero-order valence-electron chi connectivity index (χ0n) is 56.5. The first kappa shape index (κ1) is 63.9. The number of benzene rings is 9. The highest BCUT2D eigenvalue weighted by molar-refractivity contribution is 5.92. The molecule has 2 saturated heterocycles. The molecular formula is C86H66N16O2. The summed E-state index contributed by atoms with van der Waals surface area (Å²) in [6.07, 6.45) is 6.67. The van der Waals surface area contributed by atoms with Crippen LogP contribution in [0.2, 0.25) is 0 Å². The summed E-state index contributed by atoms with van der Waals surface area (Å²) < 4.78 is 1.89. The molecule has 0 bridgehead atoms. The van der Waals surface area contributed by atoms with Gasteiger partial charge in [-0.2, -0.15) is 41.1 Å². The van der Waals surface area contributed by atoms with Crippen molar-refractivity contribution in [3.63, 3.8) is 0 Å². The van der Waals surface area contributed by atoms with Crippen LogP contribution in [0, 0.1) is 22.7 Å². The molecular weight excluding hydrogens is 1290 g/mol. The highest BCUT2D eigenvalue weighted by atomic mass is 16.1. The summed E-state index contributed by atoms with van der Waals surface area (Å²) >= 11 is 0. The molecule has 2 aliphatic heterocycles. The van der Waals surface area contributed by atoms with Crippen LogP contribution in [-0.4, -0.2) is 109 Å². The Bertz CT molecular complexity index is 5700. The smallest absolute Gasteiger partial charge is 0.150 e. The van der Waals surface area contributed by atoms with Gasteiger partial charge in [0.15, 0.2) is 12.6 Å². The highest BCUT2D eigenvalue weighted by Gasteiger charge is 2.24. The summed E-state index contributed by atoms with van der Waals surface area (Å²) in [5.74, 6) is 0. The van der Waals surface area contributed by atoms with Gasteiger partial charge in [0.25, 0.3) is 0 Å². The minimum Gasteiger partial charge on any atom is -0.299 e. The summed E-state index contributed by atoms with van der Waals surface area (Å²) in [6.45, 7) is 6.36. The van der Waals surface area contributed by atoms with Crippen molar-refractivity contribution in [2.75, 3.05) is 26.2 Å². The molecule has 0 spiro atoms. The lowest BCUT2D eigenvalue weighted by Gasteiger charge is -2.14. The first-order chi connectivity index (χ1) is 51.2. The third-order valence-corrected chi connectivity index (χ3v) is 19.9. The molecule has 8 heterocycles. The molecule has 6 aromatic heterocycles. The molecule has 18 nitrogen and oxygen atoms in total. The monoisotopic (exact) mass is 1350 g/mol. The number of likely N-dealkylation sites (tertiary alicyclic amines) is 2. The van der Waals surface area contributed by atoms with Crippen molar-refractivity contribution >= 4 is 12.6 Å². The van der Waals surface area contributed by atoms with Gasteiger partial charge < -0.3 is 0 Å². The van der Waals surface area contributed by atoms with Crippen molar-refractivity contribution in [1.29, 1.82) is 10.5 Å². The van der Waals surface area contributed by atoms with Crippen LogP contribution in [0.15, 0.2) is 237 Å². The van der Waals surface area contributed by atoms with Crippen LogP contribution in [0.5, 0.6) is 0 Å². The molecule has 9 aromatic carbocycles. The second kappa shape index (κ2) is 27.9. The average Bonchev–Trinajstić information content (AvgIpc) is 1.59. The number of aromatic nitrogens is 12. The lowest BCUT2D eigenvalue weighted by Crippen LogP contribution is -2.18. The van der Waals surface area contributed by atoms with E-state index in [0.717, 1.165) is 136 Å². The van der Waals surface area contributed by atoms with Gasteiger partial charge in [-0.15, -0.1) is 0 Å². The van der Waals surface area contributed by atoms with E-state index in [9.17, 15) is 20.1 Å². The minimum absolute atomic E-state index is 0.396. The van der Waals surface area contributed by atoms with E-state index in [1.54, 1.807) is 12.1 Å². The zero-order valence-corrected chi connectivity index (χ0v) is 56.5. The quantitative estimate of drug-likeness (QED) is 0.0447. The second-order valence-electron chi connectivity index (χ2n) is 26.6. The van der Waals surface area contributed by atoms with E-state index in [0.29, 0.717) is 90.3 Å². The molecule has 17 rings (SSSR count). The number of nitrogens with zero attached hydrogens (tertiary/aromatic N) is 11. The van der Waals surface area contributed by atoms with Crippen molar-refractivity contribution in [2.45, 2.75) is 38.8 Å². The van der Waals surface area contributed by atoms with Crippen LogP contribution >= 0.6 is 0 Å². The lowest BCUT2D eigenvalue weighted by atomic mass is 9.94. The van der Waals surface area contributed by atoms with Gasteiger partial charge in [-0.3, -0.25) is 44.9 Å². The number of aldehydes is 2. The fourth-order valence-corrected chi connectivity index (χ4v) is 14.4. The number of nitriles is 2. The molecule has 18 heteroatoms. The maximum absolute atomic E-state index is 13.9. The van der Waals surface area contributed by atoms with Gasteiger partial charge in [-0.05, 0) is 170 Å². The lowest BCUT2D eigenvalue weighted by molar-refractivity contribution is 0.111. The van der Waals surface area contributed by atoms with Gasteiger partial charge in [-0.25, -0.2) is 4.68 Å². The van der Waals surface area contributed by atoms with Crippen LogP contribution in [0.25, 0.3) is 152 Å². The van der Waals surface area contributed by atoms with Crippen molar-refractivity contribution in [1.82, 2.24) is 70.6 Å². The van der Waals surface area contributed by atoms with Crippen molar-refractivity contribution < 1.29 is 9.59 Å². The summed E-state index contributed by atoms with van der Waals surface area (Å²) in [5.41, 5.74) is 24.9. The first-order valence-corrected chi connectivity index (χ1v) is 34.8. The predicted molar refractivity (Wildman–Crippen MR) is 404 cm³/mol. The highest BCUT2D eigenvalue weighted by Crippen LogP contribution is 2.40. The molecule has 0 unspecified atom stereocenters. The van der Waals surface area contributed by atoms with Crippen LogP contribution in [-0.2, 0) is 13.1 Å². The van der Waals surface area contributed by atoms with Gasteiger partial charge in [-0.1, -0.05) is 152 Å². The summed E-state index contributed by atoms with van der Waals surface area (Å²) in [6, 6.07) is 82.5. The Morgan fingerprint density at radius 1 is 0.337 bits per heavy atom. The van der Waals surface area contributed by atoms with Gasteiger partial charge in [0, 0.05) is 79.9 Å². The molecule has 502 valence electrons. The standard InChI is InChI=1S/C86H66N16O2/c87-48-64-11-1-3-17-71(64)83-44-77(91-96-83)60-13-9-14-61(37-60)79-46-85(98-93-79)73-29-27-58(35-68(73)49-88)59-28-30-74(69(36-59)53-104)86-47-82(63-16-10-15-62(38-63)78-45-84(97-92-78)72-18-4-2-12-65(72)52-103)99-102(86)70-40-66(80-42-75(89-94-80)56-23-19-54(20-24-56)50-100-31-5-6-32-100)39-67(41-70)81-43-76(90-95-81)57-25-21-55(22-26-57)51-101-33-7-8-34-101/h1-4,9-30,35-47,52-53H,5-8,31-34,50-51H2,(H,89,94)(H,90,95)(H,91,96)(H,92,97)(H,93,98). The van der Waals surface area contributed by atoms with Crippen molar-refractivity contribution in [3.8, 4) is 164 Å². The third kappa shape index (κ3) is 12.9. The van der Waals surface area contributed by atoms with Crippen LogP contribution in [0.4, 0.5) is 0 Å². The number of rotatable bonds is 20.